The summed E-state index contributed by atoms with van der Waals surface area (Å²) >= 11 is 0. The van der Waals surface area contributed by atoms with E-state index in [1.165, 1.54) is 0 Å². The van der Waals surface area contributed by atoms with Gasteiger partial charge in [0.15, 0.2) is 0 Å². The van der Waals surface area contributed by atoms with E-state index in [1.54, 1.807) is 75.1 Å². The van der Waals surface area contributed by atoms with E-state index in [1.807, 2.05) is 84.9 Å². The van der Waals surface area contributed by atoms with Crippen LogP contribution in [0.5, 0.6) is 28.7 Å². The third-order valence-electron chi connectivity index (χ3n) is 17.9. The van der Waals surface area contributed by atoms with E-state index in [4.69, 9.17) is 75.8 Å². The van der Waals surface area contributed by atoms with E-state index in [0.717, 1.165) is 77.8 Å². The number of methoxy groups -OCH3 is 8. The Morgan fingerprint density at radius 1 is 0.430 bits per heavy atom. The molecule has 100 heavy (non-hydrogen) atoms. The average Bonchev–Trinajstić information content (AvgIpc) is 0.835. The molecule has 5 aromatic rings. The smallest absolute Gasteiger partial charge is 0.342 e. The summed E-state index contributed by atoms with van der Waals surface area (Å²) in [6, 6.07) is 32.4. The molecular weight excluding hydrogens is 1280 g/mol. The van der Waals surface area contributed by atoms with Crippen LogP contribution in [-0.4, -0.2) is 157 Å². The second-order valence-corrected chi connectivity index (χ2v) is 25.0. The largest absolute Gasteiger partial charge is 0.497 e. The number of fused-ring (bicyclic) bond motifs is 3. The number of rotatable bonds is 26. The first-order valence-corrected chi connectivity index (χ1v) is 34.5. The Balaban J connectivity index is 0.000000272. The first-order chi connectivity index (χ1) is 48.2. The topological polar surface area (TPSA) is 219 Å². The summed E-state index contributed by atoms with van der Waals surface area (Å²) in [5.74, 6) is 2.73. The number of benzene rings is 5. The Morgan fingerprint density at radius 3 is 1.17 bits per heavy atom. The van der Waals surface area contributed by atoms with E-state index < -0.39 is 24.0 Å². The van der Waals surface area contributed by atoms with E-state index in [0.29, 0.717) is 118 Å². The van der Waals surface area contributed by atoms with Gasteiger partial charge < -0.3 is 80.9 Å². The molecule has 0 aliphatic carbocycles. The van der Waals surface area contributed by atoms with Crippen LogP contribution in [0.4, 0.5) is 0 Å². The molecule has 0 saturated carbocycles. The summed E-state index contributed by atoms with van der Waals surface area (Å²) in [7, 11) is 12.8. The van der Waals surface area contributed by atoms with Gasteiger partial charge in [0.25, 0.3) is 0 Å². The van der Waals surface area contributed by atoms with Crippen molar-refractivity contribution in [3.05, 3.63) is 172 Å². The minimum absolute atomic E-state index is 0. The quantitative estimate of drug-likeness (QED) is 0.0179. The molecule has 0 spiro atoms. The fraction of sp³-hybridized carbons (Fsp3) is 0.537. The molecule has 0 saturated heterocycles. The highest BCUT2D eigenvalue weighted by molar-refractivity contribution is 5.95. The van der Waals surface area contributed by atoms with Crippen molar-refractivity contribution >= 4 is 17.9 Å². The lowest BCUT2D eigenvalue weighted by Gasteiger charge is -2.29. The Morgan fingerprint density at radius 2 is 0.800 bits per heavy atom. The van der Waals surface area contributed by atoms with Gasteiger partial charge in [-0.3, -0.25) is 0 Å². The minimum atomic E-state index is -0.427. The lowest BCUT2D eigenvalue weighted by molar-refractivity contribution is -0.105. The molecule has 1 N–H and O–H groups in total. The molecule has 3 aliphatic rings. The number of allylic oxidation sites excluding steroid dienone is 4. The van der Waals surface area contributed by atoms with E-state index in [2.05, 4.69) is 45.1 Å². The summed E-state index contributed by atoms with van der Waals surface area (Å²) < 4.78 is 89.9. The molecule has 0 amide bonds. The number of aryl methyl sites for hydroxylation is 1. The highest BCUT2D eigenvalue weighted by atomic mass is 16.7. The number of aliphatic hydroxyl groups is 1. The van der Waals surface area contributed by atoms with Crippen LogP contribution in [0.3, 0.4) is 0 Å². The zero-order chi connectivity index (χ0) is 71.2. The Bertz CT molecular complexity index is 3030. The minimum Gasteiger partial charge on any atom is -0.497 e. The summed E-state index contributed by atoms with van der Waals surface area (Å²) in [6.07, 6.45) is 16.8. The third kappa shape index (κ3) is 27.5. The fourth-order valence-electron chi connectivity index (χ4n) is 12.1. The van der Waals surface area contributed by atoms with Crippen LogP contribution in [0.15, 0.2) is 127 Å². The SMILES string of the molecule is C.COCO[C@@H]1C[C@H](CCO)OC(=O)c2c(cccc2OC)CCCC[C@@H]1C.COCO[C@@H]1C[C@H](CCOCc2ccc(OC)cc2)OC(=O)c2c(cccc2OC)C/C=C/C[C@@H]1C.COCO[C@@H]1C[C@H](CCOCc2ccc(OC)cc2)OC(=O)c2c(cccc2OC)C/C=C\CC1C. The second kappa shape index (κ2) is 46.9. The van der Waals surface area contributed by atoms with Gasteiger partial charge in [0, 0.05) is 66.5 Å². The van der Waals surface area contributed by atoms with Crippen LogP contribution >= 0.6 is 0 Å². The molecule has 3 aliphatic heterocycles. The summed E-state index contributed by atoms with van der Waals surface area (Å²) in [5.41, 5.74) is 6.23. The van der Waals surface area contributed by atoms with Gasteiger partial charge in [-0.15, -0.1) is 0 Å². The lowest BCUT2D eigenvalue weighted by Crippen LogP contribution is -2.32. The first-order valence-electron chi connectivity index (χ1n) is 34.5. The number of carbonyl (C=O) groups is 3. The van der Waals surface area contributed by atoms with E-state index in [-0.39, 0.29) is 76.8 Å². The summed E-state index contributed by atoms with van der Waals surface area (Å²) in [6.45, 7) is 8.77. The molecule has 20 heteroatoms. The van der Waals surface area contributed by atoms with Crippen molar-refractivity contribution in [1.82, 2.24) is 0 Å². The second-order valence-electron chi connectivity index (χ2n) is 25.0. The van der Waals surface area contributed by atoms with Gasteiger partial charge >= 0.3 is 17.9 Å². The van der Waals surface area contributed by atoms with Gasteiger partial charge in [0.1, 0.15) is 84.1 Å². The number of ether oxygens (including phenoxy) is 16. The monoisotopic (exact) mass is 1390 g/mol. The number of hydrogen-bond donors (Lipinski definition) is 1. The molecule has 1 unspecified atom stereocenters. The van der Waals surface area contributed by atoms with Crippen molar-refractivity contribution in [2.75, 3.05) is 97.1 Å². The number of hydrogen-bond acceptors (Lipinski definition) is 20. The van der Waals surface area contributed by atoms with Crippen molar-refractivity contribution in [1.29, 1.82) is 0 Å². The van der Waals surface area contributed by atoms with Crippen LogP contribution in [-0.2, 0) is 84.6 Å². The molecule has 20 nitrogen and oxygen atoms in total. The third-order valence-corrected chi connectivity index (χ3v) is 17.9. The predicted molar refractivity (Wildman–Crippen MR) is 384 cm³/mol. The van der Waals surface area contributed by atoms with E-state index >= 15 is 0 Å². The molecule has 0 bridgehead atoms. The van der Waals surface area contributed by atoms with Crippen LogP contribution in [0.2, 0.25) is 0 Å². The zero-order valence-corrected chi connectivity index (χ0v) is 60.1. The number of cyclic esters (lactones) is 3. The molecule has 9 atom stereocenters. The zero-order valence-electron chi connectivity index (χ0n) is 60.1. The molecule has 3 heterocycles. The van der Waals surface area contributed by atoms with Crippen molar-refractivity contribution in [2.24, 2.45) is 17.8 Å². The number of aliphatic hydroxyl groups excluding tert-OH is 1. The summed E-state index contributed by atoms with van der Waals surface area (Å²) in [4.78, 5) is 39.7. The molecule has 5 aromatic carbocycles. The van der Waals surface area contributed by atoms with Gasteiger partial charge in [-0.25, -0.2) is 14.4 Å². The van der Waals surface area contributed by atoms with Gasteiger partial charge in [-0.1, -0.05) is 120 Å². The van der Waals surface area contributed by atoms with Crippen LogP contribution in [0, 0.1) is 17.8 Å². The predicted octanol–water partition coefficient (Wildman–Crippen LogP) is 14.7. The molecule has 552 valence electrons. The van der Waals surface area contributed by atoms with Crippen LogP contribution in [0.1, 0.15) is 158 Å². The molecule has 0 radical (unpaired) electrons. The Hall–Kier alpha value is -7.37. The highest BCUT2D eigenvalue weighted by Crippen LogP contribution is 2.33. The standard InChI is InChI=1S/2C29H38O7.C21H32O6.CH4/c2*1-21-8-5-6-9-23-10-7-11-26(33-4)28(23)29(30)36-25(18-27(21)35-20-31-2)16-17-34-19-22-12-14-24(32-3)15-13-22;1-15-7-4-5-8-16-9-6-10-18(25-3)20(16)21(23)27-17(11-12-22)13-19(15)26-14-24-2;/h2*5-7,10-15,21,25,27H,8-9,16-20H2,1-4H3;6,9-10,15,17,19,22H,4-5,7-8,11-14H2,1-3H3;1H4/b6-5+;6-5-;;/t21-,25-,27+;21?,25-,27+;15-,17-,19+;/m000./s1. The first kappa shape index (κ1) is 83.3. The van der Waals surface area contributed by atoms with Crippen LogP contribution < -0.4 is 23.7 Å². The molecule has 0 fully saturated rings. The van der Waals surface area contributed by atoms with Gasteiger partial charge in [-0.2, -0.15) is 0 Å². The molecule has 8 rings (SSSR count). The van der Waals surface area contributed by atoms with Crippen molar-refractivity contribution in [3.63, 3.8) is 0 Å². The average molecular weight is 1390 g/mol. The molecular formula is C80H112O20. The summed E-state index contributed by atoms with van der Waals surface area (Å²) in [5, 5.41) is 9.44. The maximum atomic E-state index is 13.4. The van der Waals surface area contributed by atoms with Gasteiger partial charge in [0.05, 0.1) is 80.3 Å². The lowest BCUT2D eigenvalue weighted by atomic mass is 9.91. The number of esters is 3. The molecule has 0 aromatic heterocycles. The fourth-order valence-corrected chi connectivity index (χ4v) is 12.1. The maximum Gasteiger partial charge on any atom is 0.342 e. The van der Waals surface area contributed by atoms with Crippen LogP contribution in [0.25, 0.3) is 0 Å². The van der Waals surface area contributed by atoms with Gasteiger partial charge in [-0.05, 0) is 133 Å². The van der Waals surface area contributed by atoms with E-state index in [9.17, 15) is 19.5 Å². The van der Waals surface area contributed by atoms with Crippen molar-refractivity contribution in [2.45, 2.75) is 168 Å². The van der Waals surface area contributed by atoms with Crippen molar-refractivity contribution < 1.29 is 95.3 Å². The maximum absolute atomic E-state index is 13.4. The normalized spacial score (nSPS) is 22.0. The van der Waals surface area contributed by atoms with Gasteiger partial charge in [0.2, 0.25) is 0 Å². The Labute approximate surface area is 594 Å². The Kier molecular flexibility index (Phi) is 39.1. The highest BCUT2D eigenvalue weighted by Gasteiger charge is 2.32. The number of carbonyl (C=O) groups excluding carboxylic acids is 3. The van der Waals surface area contributed by atoms with Crippen molar-refractivity contribution in [3.8, 4) is 28.7 Å².